The number of nitrogens with zero attached hydrogens (tertiary/aromatic N) is 8. The predicted molar refractivity (Wildman–Crippen MR) is 270 cm³/mol. The summed E-state index contributed by atoms with van der Waals surface area (Å²) >= 11 is 7.04. The molecule has 0 aromatic carbocycles. The van der Waals surface area contributed by atoms with Crippen LogP contribution in [0.2, 0.25) is 0 Å². The molecule has 2 aliphatic carbocycles. The van der Waals surface area contributed by atoms with Gasteiger partial charge in [0.15, 0.2) is 5.78 Å². The molecule has 0 bridgehead atoms. The van der Waals surface area contributed by atoms with Gasteiger partial charge < -0.3 is 20.3 Å². The average molecular weight is 1220 g/mol. The molecule has 0 radical (unpaired) electrons. The number of carbonyl (C=O) groups excluding carboxylic acids is 3. The Hall–Kier alpha value is -5.50. The lowest BCUT2D eigenvalue weighted by molar-refractivity contribution is -0.145. The normalized spacial score (nSPS) is 21.6. The number of nitrogens with two attached hydrogens (primary N) is 1. The Balaban J connectivity index is 0.000000207. The highest BCUT2D eigenvalue weighted by atomic mass is 79.9. The summed E-state index contributed by atoms with van der Waals surface area (Å²) in [6, 6.07) is -0.216. The minimum absolute atomic E-state index is 0.00505. The average Bonchev–Trinajstić information content (AvgIpc) is 4.28. The maximum atomic E-state index is 14.6. The van der Waals surface area contributed by atoms with Crippen molar-refractivity contribution in [1.29, 1.82) is 0 Å². The number of aryl methyl sites for hydroxylation is 1. The Kier molecular flexibility index (Phi) is 18.8. The summed E-state index contributed by atoms with van der Waals surface area (Å²) in [6.45, 7) is 13.4. The van der Waals surface area contributed by atoms with Gasteiger partial charge in [-0.15, -0.1) is 0 Å². The molecular weight excluding hydrogens is 1160 g/mol. The molecule has 4 aromatic rings. The molecule has 6 heterocycles. The van der Waals surface area contributed by atoms with Crippen LogP contribution in [0.1, 0.15) is 147 Å². The molecule has 77 heavy (non-hydrogen) atoms. The van der Waals surface area contributed by atoms with E-state index in [-0.39, 0.29) is 43.9 Å². The van der Waals surface area contributed by atoms with Gasteiger partial charge in [-0.3, -0.25) is 24.6 Å². The SMILES string of the molecule is C[C@H]1[C@H](F)C[C@@H](C(=O)CCc2cc(-c3cnc(C(F)(F)F)nc3)c(Br)c(C3CC3)n2)N1C(=O)OC(C)(C)C.C[C@H]1[C@H](F)C[C@@H](C(=O)O)N1C(=O)OC(C)(C)C.NCc1cc(-c2cnc(C(F)(F)F)nc2)c(Br)c(C2CC2)n1. The molecule has 0 spiro atoms. The Morgan fingerprint density at radius 3 is 1.36 bits per heavy atom. The Bertz CT molecular complexity index is 2790. The third-order valence-electron chi connectivity index (χ3n) is 12.6. The van der Waals surface area contributed by atoms with Crippen LogP contribution in [-0.2, 0) is 44.4 Å². The van der Waals surface area contributed by atoms with E-state index in [9.17, 15) is 54.3 Å². The molecule has 2 aliphatic heterocycles. The summed E-state index contributed by atoms with van der Waals surface area (Å²) in [5.41, 5.74) is 9.22. The molecule has 2 amide bonds. The minimum Gasteiger partial charge on any atom is -0.480 e. The van der Waals surface area contributed by atoms with Gasteiger partial charge in [-0.05, 0) is 131 Å². The van der Waals surface area contributed by atoms with Crippen molar-refractivity contribution in [3.8, 4) is 22.3 Å². The molecule has 2 saturated heterocycles. The minimum atomic E-state index is -4.65. The zero-order chi connectivity index (χ0) is 57.3. The molecule has 4 aromatic heterocycles. The first kappa shape index (κ1) is 60.7. The van der Waals surface area contributed by atoms with Gasteiger partial charge in [-0.2, -0.15) is 26.3 Å². The first-order chi connectivity index (χ1) is 35.7. The fourth-order valence-corrected chi connectivity index (χ4v) is 9.96. The number of hydrogen-bond acceptors (Lipinski definition) is 13. The predicted octanol–water partition coefficient (Wildman–Crippen LogP) is 11.9. The summed E-state index contributed by atoms with van der Waals surface area (Å²) in [6.07, 6.45) is -4.91. The van der Waals surface area contributed by atoms with Crippen LogP contribution in [0.15, 0.2) is 45.9 Å². The Labute approximate surface area is 456 Å². The standard InChI is InChI=1S/C26H29BrF4N4O3.C14H12BrF3N4.C11H18FNO4/c1-13-18(28)10-19(35(13)24(37)38-25(2,3)4)20(36)8-7-16-9-17(21(27)22(34-16)14-5-6-14)15-11-32-23(33-12-15)26(29,30)31;15-11-10(3-9(4-19)22-12(11)7-1-2-7)8-5-20-13(21-6-8)14(16,17)18;1-6-7(12)5-8(9(14)15)13(6)10(16)17-11(2,3)4/h9,11-14,18-19H,5-8,10H2,1-4H3;3,5-7H,1-2,4,19H2;6-8H,5H2,1-4H3,(H,14,15)/t13-,18+,19-;;6-,7+,8-/m0.0/s1. The summed E-state index contributed by atoms with van der Waals surface area (Å²) in [5.74, 6) is -3.30. The number of pyridine rings is 2. The highest BCUT2D eigenvalue weighted by Crippen LogP contribution is 2.47. The number of carboxylic acid groups (broad SMARTS) is 1. The monoisotopic (exact) mass is 1220 g/mol. The van der Waals surface area contributed by atoms with Crippen molar-refractivity contribution in [2.24, 2.45) is 5.73 Å². The number of rotatable bonds is 10. The number of Topliss-reactive ketones (excluding diaryl/α,β-unsaturated/α-hetero) is 1. The van der Waals surface area contributed by atoms with Gasteiger partial charge in [0.25, 0.3) is 0 Å². The van der Waals surface area contributed by atoms with Crippen LogP contribution in [-0.4, -0.2) is 116 Å². The van der Waals surface area contributed by atoms with Crippen molar-refractivity contribution >= 4 is 55.8 Å². The summed E-state index contributed by atoms with van der Waals surface area (Å²) in [7, 11) is 0. The number of carboxylic acids is 1. The van der Waals surface area contributed by atoms with Gasteiger partial charge in [-0.25, -0.2) is 43.1 Å². The van der Waals surface area contributed by atoms with Crippen LogP contribution in [0.4, 0.5) is 44.7 Å². The highest BCUT2D eigenvalue weighted by Gasteiger charge is 2.48. The zero-order valence-electron chi connectivity index (χ0n) is 43.3. The molecule has 2 saturated carbocycles. The molecule has 4 fully saturated rings. The van der Waals surface area contributed by atoms with Gasteiger partial charge >= 0.3 is 30.5 Å². The van der Waals surface area contributed by atoms with Crippen molar-refractivity contribution < 1.29 is 68.9 Å². The fraction of sp³-hybridized carbons (Fsp3) is 0.569. The number of halogens is 10. The van der Waals surface area contributed by atoms with E-state index in [4.69, 9.17) is 25.3 Å². The number of aromatic nitrogens is 6. The number of hydrogen-bond donors (Lipinski definition) is 2. The van der Waals surface area contributed by atoms with E-state index in [1.165, 1.54) is 24.2 Å². The summed E-state index contributed by atoms with van der Waals surface area (Å²) in [5, 5.41) is 8.95. The number of amides is 2. The van der Waals surface area contributed by atoms with Crippen LogP contribution < -0.4 is 5.73 Å². The Morgan fingerprint density at radius 2 is 1.01 bits per heavy atom. The molecule has 0 unspecified atom stereocenters. The Morgan fingerprint density at radius 1 is 0.649 bits per heavy atom. The topological polar surface area (TPSA) is 217 Å². The lowest BCUT2D eigenvalue weighted by Gasteiger charge is -2.30. The molecule has 3 N–H and O–H groups in total. The maximum absolute atomic E-state index is 14.6. The second kappa shape index (κ2) is 23.8. The summed E-state index contributed by atoms with van der Waals surface area (Å²) in [4.78, 5) is 73.8. The quantitative estimate of drug-likeness (QED) is 0.141. The third-order valence-corrected chi connectivity index (χ3v) is 14.3. The number of alkyl halides is 8. The highest BCUT2D eigenvalue weighted by molar-refractivity contribution is 9.11. The zero-order valence-corrected chi connectivity index (χ0v) is 46.5. The van der Waals surface area contributed by atoms with E-state index in [2.05, 4.69) is 56.8 Å². The number of ketones is 1. The van der Waals surface area contributed by atoms with E-state index < -0.39 is 89.9 Å². The second-order valence-electron chi connectivity index (χ2n) is 21.2. The lowest BCUT2D eigenvalue weighted by Crippen LogP contribution is -2.47. The van der Waals surface area contributed by atoms with Gasteiger partial charge in [0.05, 0.1) is 35.2 Å². The molecule has 26 heteroatoms. The number of carbonyl (C=O) groups is 4. The van der Waals surface area contributed by atoms with Crippen molar-refractivity contribution in [1.82, 2.24) is 39.7 Å². The van der Waals surface area contributed by atoms with Crippen molar-refractivity contribution in [3.63, 3.8) is 0 Å². The largest absolute Gasteiger partial charge is 0.480 e. The van der Waals surface area contributed by atoms with Gasteiger partial charge in [-0.1, -0.05) is 0 Å². The first-order valence-corrected chi connectivity index (χ1v) is 26.2. The smallest absolute Gasteiger partial charge is 0.451 e. The maximum Gasteiger partial charge on any atom is 0.451 e. The number of likely N-dealkylation sites (tertiary alicyclic amines) is 2. The molecule has 420 valence electrons. The van der Waals surface area contributed by atoms with E-state index in [1.807, 2.05) is 0 Å². The van der Waals surface area contributed by atoms with Crippen molar-refractivity contribution in [2.45, 2.75) is 185 Å². The number of ether oxygens (including phenoxy) is 2. The lowest BCUT2D eigenvalue weighted by atomic mass is 10.0. The van der Waals surface area contributed by atoms with Gasteiger partial charge in [0.1, 0.15) is 29.6 Å². The van der Waals surface area contributed by atoms with Crippen molar-refractivity contribution in [3.05, 3.63) is 80.3 Å². The van der Waals surface area contributed by atoms with Gasteiger partial charge in [0, 0.05) is 99.3 Å². The first-order valence-electron chi connectivity index (χ1n) is 24.6. The molecule has 4 aliphatic rings. The van der Waals surface area contributed by atoms with Crippen LogP contribution >= 0.6 is 31.9 Å². The number of aliphatic carboxylic acids is 1. The fourth-order valence-electron chi connectivity index (χ4n) is 8.45. The van der Waals surface area contributed by atoms with Crippen LogP contribution in [0.25, 0.3) is 22.3 Å². The molecule has 16 nitrogen and oxygen atoms in total. The molecular formula is C51H59Br2F8N9O7. The van der Waals surface area contributed by atoms with Crippen LogP contribution in [0.3, 0.4) is 0 Å². The molecule has 8 rings (SSSR count). The summed E-state index contributed by atoms with van der Waals surface area (Å²) < 4.78 is 116. The van der Waals surface area contributed by atoms with E-state index in [0.717, 1.165) is 58.8 Å². The van der Waals surface area contributed by atoms with Crippen LogP contribution in [0.5, 0.6) is 0 Å². The van der Waals surface area contributed by atoms with E-state index in [1.54, 1.807) is 60.6 Å². The molecule has 6 atom stereocenters. The van der Waals surface area contributed by atoms with Crippen LogP contribution in [0, 0.1) is 0 Å². The van der Waals surface area contributed by atoms with E-state index >= 15 is 0 Å². The second-order valence-corrected chi connectivity index (χ2v) is 22.7. The van der Waals surface area contributed by atoms with E-state index in [0.29, 0.717) is 44.0 Å². The van der Waals surface area contributed by atoms with Crippen molar-refractivity contribution in [2.75, 3.05) is 0 Å². The van der Waals surface area contributed by atoms with Gasteiger partial charge in [0.2, 0.25) is 11.6 Å². The third kappa shape index (κ3) is 15.6.